The third-order valence-electron chi connectivity index (χ3n) is 2.14. The number of nitrogens with one attached hydrogen (secondary N) is 3. The summed E-state index contributed by atoms with van der Waals surface area (Å²) in [6.07, 6.45) is -4.61. The van der Waals surface area contributed by atoms with Crippen molar-refractivity contribution in [2.75, 3.05) is 30.3 Å². The van der Waals surface area contributed by atoms with Crippen LogP contribution in [0.3, 0.4) is 0 Å². The van der Waals surface area contributed by atoms with E-state index in [0.717, 1.165) is 0 Å². The maximum absolute atomic E-state index is 12.6. The Morgan fingerprint density at radius 2 is 1.80 bits per heavy atom. The van der Waals surface area contributed by atoms with Gasteiger partial charge in [0, 0.05) is 32.6 Å². The van der Waals surface area contributed by atoms with Gasteiger partial charge in [-0.25, -0.2) is 9.97 Å². The molecular formula is C11H16F3N5O. The second kappa shape index (κ2) is 6.92. The van der Waals surface area contributed by atoms with Crippen molar-refractivity contribution < 1.29 is 18.0 Å². The van der Waals surface area contributed by atoms with Crippen LogP contribution in [-0.4, -0.2) is 35.5 Å². The Balaban J connectivity index is 2.78. The average molecular weight is 291 g/mol. The first kappa shape index (κ1) is 16.0. The lowest BCUT2D eigenvalue weighted by Gasteiger charge is -2.12. The number of rotatable bonds is 6. The number of carbonyl (C=O) groups is 1. The second-order valence-electron chi connectivity index (χ2n) is 3.90. The van der Waals surface area contributed by atoms with Crippen LogP contribution < -0.4 is 16.0 Å². The molecule has 0 saturated carbocycles. The van der Waals surface area contributed by atoms with Crippen LogP contribution in [-0.2, 0) is 11.0 Å². The number of nitrogens with zero attached hydrogens (tertiary/aromatic N) is 2. The molecule has 0 bridgehead atoms. The van der Waals surface area contributed by atoms with Crippen molar-refractivity contribution in [3.8, 4) is 0 Å². The maximum Gasteiger partial charge on any atom is 0.451 e. The van der Waals surface area contributed by atoms with E-state index in [1.54, 1.807) is 6.92 Å². The molecular weight excluding hydrogens is 275 g/mol. The summed E-state index contributed by atoms with van der Waals surface area (Å²) >= 11 is 0. The molecule has 20 heavy (non-hydrogen) atoms. The zero-order valence-electron chi connectivity index (χ0n) is 11.1. The van der Waals surface area contributed by atoms with E-state index in [1.165, 1.54) is 13.0 Å². The Kier molecular flexibility index (Phi) is 5.53. The molecule has 0 unspecified atom stereocenters. The van der Waals surface area contributed by atoms with E-state index >= 15 is 0 Å². The lowest BCUT2D eigenvalue weighted by molar-refractivity contribution is -0.144. The minimum absolute atomic E-state index is 0.0497. The fraction of sp³-hybridized carbons (Fsp3) is 0.545. The minimum atomic E-state index is -4.61. The molecule has 0 radical (unpaired) electrons. The van der Waals surface area contributed by atoms with Crippen LogP contribution >= 0.6 is 0 Å². The number of hydrogen-bond acceptors (Lipinski definition) is 5. The van der Waals surface area contributed by atoms with Crippen LogP contribution in [0.1, 0.15) is 19.7 Å². The standard InChI is InChI=1S/C11H16F3N5O/c1-3-15-8-6-9(17-5-4-16-7(2)20)19-10(18-8)11(12,13)14/h6H,3-5H2,1-2H3,(H,16,20)(H2,15,17,18,19). The van der Waals surface area contributed by atoms with Gasteiger partial charge in [0.1, 0.15) is 11.6 Å². The monoisotopic (exact) mass is 291 g/mol. The van der Waals surface area contributed by atoms with Gasteiger partial charge < -0.3 is 16.0 Å². The first-order chi connectivity index (χ1) is 9.32. The van der Waals surface area contributed by atoms with E-state index in [0.29, 0.717) is 6.54 Å². The zero-order valence-corrected chi connectivity index (χ0v) is 11.1. The van der Waals surface area contributed by atoms with Crippen LogP contribution in [0.25, 0.3) is 0 Å². The van der Waals surface area contributed by atoms with E-state index < -0.39 is 12.0 Å². The van der Waals surface area contributed by atoms with Crippen molar-refractivity contribution in [1.82, 2.24) is 15.3 Å². The van der Waals surface area contributed by atoms with Crippen molar-refractivity contribution in [2.24, 2.45) is 0 Å². The number of hydrogen-bond donors (Lipinski definition) is 3. The molecule has 112 valence electrons. The Morgan fingerprint density at radius 3 is 2.30 bits per heavy atom. The highest BCUT2D eigenvalue weighted by Gasteiger charge is 2.35. The van der Waals surface area contributed by atoms with E-state index in [-0.39, 0.29) is 30.6 Å². The summed E-state index contributed by atoms with van der Waals surface area (Å²) in [5, 5.41) is 7.93. The number of carbonyl (C=O) groups excluding carboxylic acids is 1. The summed E-state index contributed by atoms with van der Waals surface area (Å²) in [6, 6.07) is 1.38. The van der Waals surface area contributed by atoms with E-state index in [9.17, 15) is 18.0 Å². The molecule has 1 aromatic heterocycles. The lowest BCUT2D eigenvalue weighted by atomic mass is 10.4. The van der Waals surface area contributed by atoms with Gasteiger partial charge in [-0.2, -0.15) is 13.2 Å². The number of amides is 1. The molecule has 1 rings (SSSR count). The predicted molar refractivity (Wildman–Crippen MR) is 68.4 cm³/mol. The van der Waals surface area contributed by atoms with Gasteiger partial charge in [-0.1, -0.05) is 0 Å². The van der Waals surface area contributed by atoms with Crippen LogP contribution in [0.2, 0.25) is 0 Å². The highest BCUT2D eigenvalue weighted by atomic mass is 19.4. The third-order valence-corrected chi connectivity index (χ3v) is 2.14. The van der Waals surface area contributed by atoms with Crippen molar-refractivity contribution in [2.45, 2.75) is 20.0 Å². The molecule has 6 nitrogen and oxygen atoms in total. The van der Waals surface area contributed by atoms with Crippen molar-refractivity contribution in [3.05, 3.63) is 11.9 Å². The Morgan fingerprint density at radius 1 is 1.20 bits per heavy atom. The van der Waals surface area contributed by atoms with Gasteiger partial charge in [-0.3, -0.25) is 4.79 Å². The van der Waals surface area contributed by atoms with Crippen molar-refractivity contribution in [3.63, 3.8) is 0 Å². The zero-order chi connectivity index (χ0) is 15.2. The number of halogens is 3. The number of alkyl halides is 3. The van der Waals surface area contributed by atoms with Gasteiger partial charge in [0.15, 0.2) is 0 Å². The van der Waals surface area contributed by atoms with E-state index in [4.69, 9.17) is 0 Å². The Bertz CT molecular complexity index is 464. The first-order valence-electron chi connectivity index (χ1n) is 6.01. The van der Waals surface area contributed by atoms with E-state index in [1.807, 2.05) is 0 Å². The molecule has 0 atom stereocenters. The predicted octanol–water partition coefficient (Wildman–Crippen LogP) is 1.48. The number of anilines is 2. The van der Waals surface area contributed by atoms with Crippen molar-refractivity contribution in [1.29, 1.82) is 0 Å². The summed E-state index contributed by atoms with van der Waals surface area (Å²) in [6.45, 7) is 4.10. The van der Waals surface area contributed by atoms with E-state index in [2.05, 4.69) is 25.9 Å². The quantitative estimate of drug-likeness (QED) is 0.692. The SMILES string of the molecule is CCNc1cc(NCCNC(C)=O)nc(C(F)(F)F)n1. The topological polar surface area (TPSA) is 78.9 Å². The highest BCUT2D eigenvalue weighted by molar-refractivity contribution is 5.72. The molecule has 0 fully saturated rings. The van der Waals surface area contributed by atoms with Gasteiger partial charge in [0.25, 0.3) is 0 Å². The Labute approximate surface area is 114 Å². The summed E-state index contributed by atoms with van der Waals surface area (Å²) in [7, 11) is 0. The first-order valence-corrected chi connectivity index (χ1v) is 6.01. The molecule has 0 aliphatic carbocycles. The molecule has 0 aliphatic heterocycles. The number of aromatic nitrogens is 2. The van der Waals surface area contributed by atoms with Crippen LogP contribution in [0, 0.1) is 0 Å². The molecule has 0 saturated heterocycles. The van der Waals surface area contributed by atoms with Crippen LogP contribution in [0.15, 0.2) is 6.07 Å². The van der Waals surface area contributed by atoms with Crippen molar-refractivity contribution >= 4 is 17.5 Å². The molecule has 0 aromatic carbocycles. The molecule has 1 amide bonds. The molecule has 0 spiro atoms. The Hall–Kier alpha value is -2.06. The van der Waals surface area contributed by atoms with Crippen LogP contribution in [0.5, 0.6) is 0 Å². The van der Waals surface area contributed by atoms with Gasteiger partial charge in [-0.15, -0.1) is 0 Å². The third kappa shape index (κ3) is 5.29. The van der Waals surface area contributed by atoms with Gasteiger partial charge in [0.2, 0.25) is 11.7 Å². The summed E-state index contributed by atoms with van der Waals surface area (Å²) in [5.41, 5.74) is 0. The van der Waals surface area contributed by atoms with Crippen LogP contribution in [0.4, 0.5) is 24.8 Å². The lowest BCUT2D eigenvalue weighted by Crippen LogP contribution is -2.26. The van der Waals surface area contributed by atoms with Gasteiger partial charge in [0.05, 0.1) is 0 Å². The smallest absolute Gasteiger partial charge is 0.370 e. The van der Waals surface area contributed by atoms with Gasteiger partial charge in [-0.05, 0) is 6.92 Å². The molecule has 9 heteroatoms. The summed E-state index contributed by atoms with van der Waals surface area (Å²) in [4.78, 5) is 17.5. The summed E-state index contributed by atoms with van der Waals surface area (Å²) in [5.74, 6) is -1.28. The highest BCUT2D eigenvalue weighted by Crippen LogP contribution is 2.28. The normalized spacial score (nSPS) is 11.1. The average Bonchev–Trinajstić information content (AvgIpc) is 2.33. The molecule has 1 aromatic rings. The molecule has 1 heterocycles. The molecule has 0 aliphatic rings. The molecule has 3 N–H and O–H groups in total. The fourth-order valence-electron chi connectivity index (χ4n) is 1.37. The van der Waals surface area contributed by atoms with Gasteiger partial charge >= 0.3 is 6.18 Å². The maximum atomic E-state index is 12.6. The largest absolute Gasteiger partial charge is 0.451 e. The second-order valence-corrected chi connectivity index (χ2v) is 3.90. The fourth-order valence-corrected chi connectivity index (χ4v) is 1.37. The summed E-state index contributed by atoms with van der Waals surface area (Å²) < 4.78 is 37.9. The minimum Gasteiger partial charge on any atom is -0.370 e.